The van der Waals surface area contributed by atoms with Gasteiger partial charge in [-0.15, -0.1) is 0 Å². The van der Waals surface area contributed by atoms with E-state index >= 15 is 0 Å². The maximum Gasteiger partial charge on any atom is 0.168 e. The molecule has 2 nitrogen and oxygen atoms in total. The summed E-state index contributed by atoms with van der Waals surface area (Å²) in [5.41, 5.74) is 1.75. The molecule has 1 aromatic carbocycles. The maximum absolute atomic E-state index is 13.7. The van der Waals surface area contributed by atoms with Crippen molar-refractivity contribution in [3.63, 3.8) is 0 Å². The number of hydrogen-bond acceptors (Lipinski definition) is 1. The van der Waals surface area contributed by atoms with Crippen LogP contribution in [-0.4, -0.2) is 29.6 Å². The van der Waals surface area contributed by atoms with Crippen molar-refractivity contribution in [2.45, 2.75) is 25.4 Å². The summed E-state index contributed by atoms with van der Waals surface area (Å²) in [7, 11) is 4.04. The third kappa shape index (κ3) is 1.42. The first-order valence-corrected chi connectivity index (χ1v) is 6.14. The standard InChI is InChI=1S/C14H16F2N2/c1-8-10-6-11(15)13(16)9-4-5-18(14(9)10)7-12(8)17(2)3/h4-6,8,12H,7H2,1-3H3/t8?,12-/m1/s1. The van der Waals surface area contributed by atoms with Crippen LogP contribution in [-0.2, 0) is 6.54 Å². The number of halogens is 2. The van der Waals surface area contributed by atoms with Gasteiger partial charge in [0.05, 0.1) is 5.52 Å². The van der Waals surface area contributed by atoms with Crippen molar-refractivity contribution in [1.29, 1.82) is 0 Å². The molecule has 1 unspecified atom stereocenters. The zero-order valence-electron chi connectivity index (χ0n) is 10.7. The van der Waals surface area contributed by atoms with E-state index in [1.54, 1.807) is 6.07 Å². The summed E-state index contributed by atoms with van der Waals surface area (Å²) in [6, 6.07) is 3.33. The highest BCUT2D eigenvalue weighted by Crippen LogP contribution is 2.37. The highest BCUT2D eigenvalue weighted by atomic mass is 19.2. The number of nitrogens with zero attached hydrogens (tertiary/aromatic N) is 2. The van der Waals surface area contributed by atoms with Crippen molar-refractivity contribution < 1.29 is 8.78 Å². The Morgan fingerprint density at radius 2 is 2.06 bits per heavy atom. The van der Waals surface area contributed by atoms with Crippen molar-refractivity contribution >= 4 is 10.9 Å². The summed E-state index contributed by atoms with van der Waals surface area (Å²) in [6.07, 6.45) is 1.85. The van der Waals surface area contributed by atoms with E-state index in [1.165, 1.54) is 6.07 Å². The minimum atomic E-state index is -0.749. The zero-order chi connectivity index (χ0) is 13.0. The topological polar surface area (TPSA) is 8.17 Å². The average Bonchev–Trinajstić information content (AvgIpc) is 2.73. The molecule has 1 aliphatic rings. The molecule has 2 atom stereocenters. The van der Waals surface area contributed by atoms with E-state index in [0.717, 1.165) is 17.6 Å². The van der Waals surface area contributed by atoms with Gasteiger partial charge in [-0.25, -0.2) is 8.78 Å². The smallest absolute Gasteiger partial charge is 0.168 e. The number of rotatable bonds is 1. The minimum absolute atomic E-state index is 0.194. The molecule has 4 heteroatoms. The largest absolute Gasteiger partial charge is 0.346 e. The predicted octanol–water partition coefficient (Wildman–Crippen LogP) is 2.97. The van der Waals surface area contributed by atoms with Gasteiger partial charge in [0, 0.05) is 30.1 Å². The van der Waals surface area contributed by atoms with Gasteiger partial charge >= 0.3 is 0 Å². The molecule has 96 valence electrons. The number of aromatic nitrogens is 1. The first-order chi connectivity index (χ1) is 8.50. The van der Waals surface area contributed by atoms with E-state index in [2.05, 4.69) is 11.8 Å². The van der Waals surface area contributed by atoms with E-state index in [9.17, 15) is 8.78 Å². The van der Waals surface area contributed by atoms with E-state index in [4.69, 9.17) is 0 Å². The Hall–Kier alpha value is -1.42. The summed E-state index contributed by atoms with van der Waals surface area (Å²) in [5, 5.41) is 0.397. The lowest BCUT2D eigenvalue weighted by molar-refractivity contribution is 0.228. The molecule has 2 aromatic rings. The molecule has 0 aliphatic carbocycles. The number of benzene rings is 1. The van der Waals surface area contributed by atoms with Crippen LogP contribution in [0.3, 0.4) is 0 Å². The molecule has 18 heavy (non-hydrogen) atoms. The van der Waals surface area contributed by atoms with Gasteiger partial charge in [0.1, 0.15) is 0 Å². The lowest BCUT2D eigenvalue weighted by atomic mass is 9.88. The third-order valence-electron chi connectivity index (χ3n) is 4.08. The van der Waals surface area contributed by atoms with Gasteiger partial charge in [-0.3, -0.25) is 0 Å². The van der Waals surface area contributed by atoms with Crippen molar-refractivity contribution in [1.82, 2.24) is 9.47 Å². The second kappa shape index (κ2) is 3.79. The Balaban J connectivity index is 2.29. The molecule has 1 aromatic heterocycles. The Kier molecular flexibility index (Phi) is 2.45. The molecule has 0 saturated carbocycles. The first kappa shape index (κ1) is 11.7. The molecule has 0 saturated heterocycles. The number of hydrogen-bond donors (Lipinski definition) is 0. The molecule has 0 spiro atoms. The van der Waals surface area contributed by atoms with Crippen LogP contribution in [0.25, 0.3) is 10.9 Å². The lowest BCUT2D eigenvalue weighted by Crippen LogP contribution is -2.39. The SMILES string of the molecule is CC1c2cc(F)c(F)c3ccn(c23)C[C@H]1N(C)C. The molecule has 0 N–H and O–H groups in total. The van der Waals surface area contributed by atoms with Crippen molar-refractivity contribution in [3.8, 4) is 0 Å². The van der Waals surface area contributed by atoms with Crippen LogP contribution < -0.4 is 0 Å². The van der Waals surface area contributed by atoms with E-state index < -0.39 is 11.6 Å². The van der Waals surface area contributed by atoms with Crippen LogP contribution in [0.5, 0.6) is 0 Å². The van der Waals surface area contributed by atoms with Crippen LogP contribution in [0.2, 0.25) is 0 Å². The third-order valence-corrected chi connectivity index (χ3v) is 4.08. The summed E-state index contributed by atoms with van der Waals surface area (Å²) >= 11 is 0. The Morgan fingerprint density at radius 3 is 2.72 bits per heavy atom. The fourth-order valence-corrected chi connectivity index (χ4v) is 3.04. The van der Waals surface area contributed by atoms with Gasteiger partial charge in [0.2, 0.25) is 0 Å². The summed E-state index contributed by atoms with van der Waals surface area (Å²) < 4.78 is 29.4. The maximum atomic E-state index is 13.7. The molecular formula is C14H16F2N2. The Labute approximate surface area is 105 Å². The van der Waals surface area contributed by atoms with Gasteiger partial charge < -0.3 is 9.47 Å². The zero-order valence-corrected chi connectivity index (χ0v) is 10.7. The summed E-state index contributed by atoms with van der Waals surface area (Å²) in [4.78, 5) is 2.14. The molecule has 1 aliphatic heterocycles. The highest BCUT2D eigenvalue weighted by molar-refractivity contribution is 5.85. The number of likely N-dealkylation sites (N-methyl/N-ethyl adjacent to an activating group) is 1. The van der Waals surface area contributed by atoms with Crippen LogP contribution in [0.15, 0.2) is 18.3 Å². The monoisotopic (exact) mass is 250 g/mol. The second-order valence-corrected chi connectivity index (χ2v) is 5.31. The molecule has 0 bridgehead atoms. The molecule has 0 fully saturated rings. The Bertz CT molecular complexity index is 616. The summed E-state index contributed by atoms with van der Waals surface area (Å²) in [5.74, 6) is -1.29. The van der Waals surface area contributed by atoms with Crippen molar-refractivity contribution in [2.75, 3.05) is 14.1 Å². The van der Waals surface area contributed by atoms with Gasteiger partial charge in [0.15, 0.2) is 11.6 Å². The van der Waals surface area contributed by atoms with Crippen LogP contribution in [0.4, 0.5) is 8.78 Å². The minimum Gasteiger partial charge on any atom is -0.346 e. The first-order valence-electron chi connectivity index (χ1n) is 6.14. The molecule has 0 radical (unpaired) electrons. The van der Waals surface area contributed by atoms with Crippen molar-refractivity contribution in [2.24, 2.45) is 0 Å². The molecular weight excluding hydrogens is 234 g/mol. The molecule has 3 rings (SSSR count). The lowest BCUT2D eigenvalue weighted by Gasteiger charge is -2.35. The average molecular weight is 250 g/mol. The van der Waals surface area contributed by atoms with E-state index in [1.807, 2.05) is 24.9 Å². The van der Waals surface area contributed by atoms with Gasteiger partial charge in [0.25, 0.3) is 0 Å². The van der Waals surface area contributed by atoms with E-state index in [0.29, 0.717) is 11.4 Å². The quantitative estimate of drug-likeness (QED) is 0.755. The van der Waals surface area contributed by atoms with Crippen LogP contribution >= 0.6 is 0 Å². The van der Waals surface area contributed by atoms with Gasteiger partial charge in [-0.1, -0.05) is 6.92 Å². The normalized spacial score (nSPS) is 23.0. The van der Waals surface area contributed by atoms with Crippen LogP contribution in [0, 0.1) is 11.6 Å². The van der Waals surface area contributed by atoms with Crippen molar-refractivity contribution in [3.05, 3.63) is 35.5 Å². The summed E-state index contributed by atoms with van der Waals surface area (Å²) in [6.45, 7) is 2.89. The molecule has 0 amide bonds. The predicted molar refractivity (Wildman–Crippen MR) is 67.7 cm³/mol. The molecule has 2 heterocycles. The Morgan fingerprint density at radius 1 is 1.33 bits per heavy atom. The van der Waals surface area contributed by atoms with Gasteiger partial charge in [-0.2, -0.15) is 0 Å². The second-order valence-electron chi connectivity index (χ2n) is 5.31. The fraction of sp³-hybridized carbons (Fsp3) is 0.429. The van der Waals surface area contributed by atoms with Gasteiger partial charge in [-0.05, 0) is 31.8 Å². The highest BCUT2D eigenvalue weighted by Gasteiger charge is 2.30. The fourth-order valence-electron chi connectivity index (χ4n) is 3.04. The van der Waals surface area contributed by atoms with E-state index in [-0.39, 0.29) is 5.92 Å². The van der Waals surface area contributed by atoms with Crippen LogP contribution in [0.1, 0.15) is 18.4 Å².